The number of aromatic amines is 1. The molecule has 162 valence electrons. The molecule has 2 aromatic heterocycles. The van der Waals surface area contributed by atoms with Crippen LogP contribution in [0.4, 0.5) is 0 Å². The number of thioether (sulfide) groups is 1. The number of hydrogen-bond acceptors (Lipinski definition) is 8. The molecule has 1 saturated heterocycles. The smallest absolute Gasteiger partial charge is 0.231 e. The second-order valence-corrected chi connectivity index (χ2v) is 8.76. The van der Waals surface area contributed by atoms with Crippen LogP contribution in [0, 0.1) is 0 Å². The molecule has 0 spiro atoms. The summed E-state index contributed by atoms with van der Waals surface area (Å²) in [5.74, 6) is 2.39. The predicted molar refractivity (Wildman–Crippen MR) is 116 cm³/mol. The van der Waals surface area contributed by atoms with Crippen LogP contribution in [0.5, 0.6) is 11.5 Å². The molecule has 4 heterocycles. The van der Waals surface area contributed by atoms with Gasteiger partial charge in [-0.2, -0.15) is 4.98 Å². The summed E-state index contributed by atoms with van der Waals surface area (Å²) in [6.45, 7) is 4.29. The zero-order valence-corrected chi connectivity index (χ0v) is 18.3. The molecule has 0 radical (unpaired) electrons. The van der Waals surface area contributed by atoms with Gasteiger partial charge in [0, 0.05) is 44.9 Å². The maximum Gasteiger partial charge on any atom is 0.231 e. The first-order valence-electron chi connectivity index (χ1n) is 10.0. The predicted octanol–water partition coefficient (Wildman–Crippen LogP) is 2.56. The van der Waals surface area contributed by atoms with Gasteiger partial charge < -0.3 is 19.4 Å². The van der Waals surface area contributed by atoms with E-state index in [2.05, 4.69) is 30.9 Å². The summed E-state index contributed by atoms with van der Waals surface area (Å²) in [7, 11) is 0. The van der Waals surface area contributed by atoms with Gasteiger partial charge in [0.25, 0.3) is 0 Å². The Hall–Kier alpha value is -2.56. The average molecular weight is 461 g/mol. The van der Waals surface area contributed by atoms with Gasteiger partial charge in [-0.1, -0.05) is 6.07 Å². The van der Waals surface area contributed by atoms with Gasteiger partial charge in [0.15, 0.2) is 17.1 Å². The van der Waals surface area contributed by atoms with Crippen molar-refractivity contribution in [3.63, 3.8) is 0 Å². The number of benzene rings is 1. The van der Waals surface area contributed by atoms with Gasteiger partial charge in [-0.3, -0.25) is 9.69 Å². The Morgan fingerprint density at radius 1 is 1.16 bits per heavy atom. The summed E-state index contributed by atoms with van der Waals surface area (Å²) in [5, 5.41) is 0.876. The number of amides is 1. The molecular formula is C20H21ClN6O3S. The molecule has 1 N–H and O–H groups in total. The van der Waals surface area contributed by atoms with E-state index in [4.69, 9.17) is 21.1 Å². The highest BCUT2D eigenvalue weighted by molar-refractivity contribution is 7.99. The number of aromatic nitrogens is 4. The van der Waals surface area contributed by atoms with E-state index in [1.54, 1.807) is 6.33 Å². The molecule has 31 heavy (non-hydrogen) atoms. The molecule has 5 rings (SSSR count). The quantitative estimate of drug-likeness (QED) is 0.340. The molecule has 0 atom stereocenters. The first kappa shape index (κ1) is 20.3. The van der Waals surface area contributed by atoms with E-state index in [-0.39, 0.29) is 18.0 Å². The minimum atomic E-state index is 0.159. The zero-order valence-electron chi connectivity index (χ0n) is 16.7. The van der Waals surface area contributed by atoms with Gasteiger partial charge in [0.05, 0.1) is 6.33 Å². The number of nitrogens with one attached hydrogen (secondary N) is 1. The summed E-state index contributed by atoms with van der Waals surface area (Å²) in [6, 6.07) is 6.06. The van der Waals surface area contributed by atoms with Gasteiger partial charge >= 0.3 is 0 Å². The van der Waals surface area contributed by atoms with Crippen LogP contribution in [-0.4, -0.2) is 74.4 Å². The number of hydrogen-bond donors (Lipinski definition) is 1. The zero-order chi connectivity index (χ0) is 21.2. The Morgan fingerprint density at radius 2 is 2.00 bits per heavy atom. The SMILES string of the molecule is O=C(CCSc1nc(Cl)nc2nc[nH]c12)N1CCN(Cc2ccc3c(c2)OCO3)CC1. The second kappa shape index (κ2) is 8.89. The molecule has 0 unspecified atom stereocenters. The Labute approximate surface area is 188 Å². The lowest BCUT2D eigenvalue weighted by Gasteiger charge is -2.34. The molecule has 9 nitrogen and oxygen atoms in total. The molecule has 11 heteroatoms. The van der Waals surface area contributed by atoms with Crippen molar-refractivity contribution in [2.75, 3.05) is 38.7 Å². The number of fused-ring (bicyclic) bond motifs is 2. The Bertz CT molecular complexity index is 1100. The van der Waals surface area contributed by atoms with Crippen LogP contribution in [0.2, 0.25) is 5.28 Å². The largest absolute Gasteiger partial charge is 0.454 e. The second-order valence-electron chi connectivity index (χ2n) is 7.34. The topological polar surface area (TPSA) is 96.5 Å². The molecule has 2 aliphatic rings. The highest BCUT2D eigenvalue weighted by atomic mass is 35.5. The van der Waals surface area contributed by atoms with Crippen LogP contribution in [0.3, 0.4) is 0 Å². The third-order valence-electron chi connectivity index (χ3n) is 5.35. The fourth-order valence-corrected chi connectivity index (χ4v) is 4.86. The van der Waals surface area contributed by atoms with E-state index in [0.717, 1.165) is 49.7 Å². The number of ether oxygens (including phenoxy) is 2. The number of H-pyrrole nitrogens is 1. The van der Waals surface area contributed by atoms with Crippen molar-refractivity contribution in [2.24, 2.45) is 0 Å². The van der Waals surface area contributed by atoms with E-state index in [9.17, 15) is 4.79 Å². The number of carbonyl (C=O) groups excluding carboxylic acids is 1. The van der Waals surface area contributed by atoms with Gasteiger partial charge in [-0.15, -0.1) is 11.8 Å². The van der Waals surface area contributed by atoms with Crippen LogP contribution in [0.25, 0.3) is 11.2 Å². The minimum Gasteiger partial charge on any atom is -0.454 e. The standard InChI is InChI=1S/C20H21ClN6O3S/c21-20-24-18-17(22-11-23-18)19(25-20)31-8-3-16(28)27-6-4-26(5-7-27)10-13-1-2-14-15(9-13)30-12-29-14/h1-2,9,11H,3-8,10,12H2,(H,22,23,24,25). The van der Waals surface area contributed by atoms with Gasteiger partial charge in [0.2, 0.25) is 18.0 Å². The Kier molecular flexibility index (Phi) is 5.84. The third-order valence-corrected chi connectivity index (χ3v) is 6.49. The molecule has 1 aromatic carbocycles. The summed E-state index contributed by atoms with van der Waals surface area (Å²) in [6.07, 6.45) is 2.01. The molecule has 0 bridgehead atoms. The lowest BCUT2D eigenvalue weighted by Crippen LogP contribution is -2.48. The third kappa shape index (κ3) is 4.56. The van der Waals surface area contributed by atoms with Crippen molar-refractivity contribution in [2.45, 2.75) is 18.0 Å². The van der Waals surface area contributed by atoms with Crippen LogP contribution in [0.1, 0.15) is 12.0 Å². The molecular weight excluding hydrogens is 440 g/mol. The minimum absolute atomic E-state index is 0.159. The molecule has 0 saturated carbocycles. The Balaban J connectivity index is 1.09. The Morgan fingerprint density at radius 3 is 2.87 bits per heavy atom. The van der Waals surface area contributed by atoms with Crippen molar-refractivity contribution in [3.8, 4) is 11.5 Å². The monoisotopic (exact) mass is 460 g/mol. The van der Waals surface area contributed by atoms with Crippen molar-refractivity contribution >= 4 is 40.4 Å². The lowest BCUT2D eigenvalue weighted by molar-refractivity contribution is -0.132. The van der Waals surface area contributed by atoms with Gasteiger partial charge in [-0.25, -0.2) is 9.97 Å². The fourth-order valence-electron chi connectivity index (χ4n) is 3.73. The number of halogens is 1. The van der Waals surface area contributed by atoms with E-state index in [1.165, 1.54) is 17.3 Å². The number of nitrogens with zero attached hydrogens (tertiary/aromatic N) is 5. The molecule has 2 aliphatic heterocycles. The van der Waals surface area contributed by atoms with Crippen LogP contribution in [-0.2, 0) is 11.3 Å². The van der Waals surface area contributed by atoms with Gasteiger partial charge in [-0.05, 0) is 29.3 Å². The van der Waals surface area contributed by atoms with E-state index in [1.807, 2.05) is 17.0 Å². The van der Waals surface area contributed by atoms with Crippen LogP contribution < -0.4 is 9.47 Å². The van der Waals surface area contributed by atoms with Crippen LogP contribution >= 0.6 is 23.4 Å². The number of imidazole rings is 1. The summed E-state index contributed by atoms with van der Waals surface area (Å²) in [4.78, 5) is 32.4. The van der Waals surface area contributed by atoms with Crippen molar-refractivity contribution in [1.29, 1.82) is 0 Å². The maximum absolute atomic E-state index is 12.6. The molecule has 0 aliphatic carbocycles. The van der Waals surface area contributed by atoms with Crippen molar-refractivity contribution in [1.82, 2.24) is 29.7 Å². The molecule has 3 aromatic rings. The van der Waals surface area contributed by atoms with Crippen molar-refractivity contribution in [3.05, 3.63) is 35.4 Å². The highest BCUT2D eigenvalue weighted by Crippen LogP contribution is 2.33. The highest BCUT2D eigenvalue weighted by Gasteiger charge is 2.22. The summed E-state index contributed by atoms with van der Waals surface area (Å²) >= 11 is 7.45. The number of carbonyl (C=O) groups is 1. The maximum atomic E-state index is 12.6. The normalized spacial score (nSPS) is 16.2. The number of rotatable bonds is 6. The summed E-state index contributed by atoms with van der Waals surface area (Å²) in [5.41, 5.74) is 2.47. The average Bonchev–Trinajstić information content (AvgIpc) is 3.43. The first-order valence-corrected chi connectivity index (χ1v) is 11.4. The summed E-state index contributed by atoms with van der Waals surface area (Å²) < 4.78 is 10.8. The van der Waals surface area contributed by atoms with E-state index in [0.29, 0.717) is 22.8 Å². The van der Waals surface area contributed by atoms with Gasteiger partial charge in [0.1, 0.15) is 10.5 Å². The molecule has 1 amide bonds. The lowest BCUT2D eigenvalue weighted by atomic mass is 10.1. The van der Waals surface area contributed by atoms with E-state index < -0.39 is 0 Å². The van der Waals surface area contributed by atoms with Crippen LogP contribution in [0.15, 0.2) is 29.6 Å². The number of piperazine rings is 1. The molecule has 1 fully saturated rings. The first-order chi connectivity index (χ1) is 15.2. The van der Waals surface area contributed by atoms with Crippen molar-refractivity contribution < 1.29 is 14.3 Å². The fraction of sp³-hybridized carbons (Fsp3) is 0.400. The van der Waals surface area contributed by atoms with E-state index >= 15 is 0 Å².